The predicted molar refractivity (Wildman–Crippen MR) is 80.9 cm³/mol. The molecule has 0 amide bonds. The molecule has 1 aromatic carbocycles. The van der Waals surface area contributed by atoms with Gasteiger partial charge < -0.3 is 9.64 Å². The van der Waals surface area contributed by atoms with E-state index in [2.05, 4.69) is 4.90 Å². The molecule has 3 heterocycles. The van der Waals surface area contributed by atoms with Crippen molar-refractivity contribution in [3.8, 4) is 5.75 Å². The maximum Gasteiger partial charge on any atom is 0.243 e. The van der Waals surface area contributed by atoms with Crippen LogP contribution in [0.3, 0.4) is 0 Å². The van der Waals surface area contributed by atoms with Crippen molar-refractivity contribution in [2.24, 2.45) is 5.92 Å². The third-order valence-electron chi connectivity index (χ3n) is 4.71. The van der Waals surface area contributed by atoms with Crippen LogP contribution in [-0.4, -0.2) is 57.5 Å². The Balaban J connectivity index is 1.91. The molecule has 2 bridgehead atoms. The highest BCUT2D eigenvalue weighted by molar-refractivity contribution is 7.89. The van der Waals surface area contributed by atoms with Crippen LogP contribution in [0.4, 0.5) is 4.39 Å². The molecule has 7 heteroatoms. The number of likely N-dealkylation sites (N-methyl/N-ethyl adjacent to an activating group) is 1. The van der Waals surface area contributed by atoms with E-state index in [-0.39, 0.29) is 16.7 Å². The van der Waals surface area contributed by atoms with E-state index in [1.54, 1.807) is 0 Å². The molecule has 3 saturated heterocycles. The Hall–Kier alpha value is -1.18. The molecule has 4 rings (SSSR count). The Bertz CT molecular complexity index is 665. The van der Waals surface area contributed by atoms with Gasteiger partial charge in [-0.05, 0) is 44.0 Å². The summed E-state index contributed by atoms with van der Waals surface area (Å²) in [5, 5.41) is 0. The number of rotatable bonds is 3. The van der Waals surface area contributed by atoms with Gasteiger partial charge in [0.1, 0.15) is 0 Å². The summed E-state index contributed by atoms with van der Waals surface area (Å²) >= 11 is 0. The molecule has 1 aromatic rings. The molecular weight excluding hydrogens is 307 g/mol. The molecular formula is C15H21FN2O3S. The summed E-state index contributed by atoms with van der Waals surface area (Å²) in [6.07, 6.45) is 2.07. The summed E-state index contributed by atoms with van der Waals surface area (Å²) in [7, 11) is -0.273. The van der Waals surface area contributed by atoms with E-state index in [0.29, 0.717) is 19.0 Å². The van der Waals surface area contributed by atoms with E-state index < -0.39 is 15.8 Å². The minimum absolute atomic E-state index is 0.00486. The first-order chi connectivity index (χ1) is 10.4. The Kier molecular flexibility index (Phi) is 4.13. The van der Waals surface area contributed by atoms with Gasteiger partial charge in [-0.3, -0.25) is 0 Å². The van der Waals surface area contributed by atoms with Crippen LogP contribution in [0.5, 0.6) is 5.75 Å². The summed E-state index contributed by atoms with van der Waals surface area (Å²) in [5.74, 6) is -0.255. The quantitative estimate of drug-likeness (QED) is 0.845. The van der Waals surface area contributed by atoms with Crippen LogP contribution in [-0.2, 0) is 10.0 Å². The smallest absolute Gasteiger partial charge is 0.243 e. The zero-order valence-electron chi connectivity index (χ0n) is 12.8. The fourth-order valence-corrected chi connectivity index (χ4v) is 4.99. The Labute approximate surface area is 130 Å². The van der Waals surface area contributed by atoms with Crippen LogP contribution in [0.2, 0.25) is 0 Å². The number of piperidine rings is 1. The molecule has 0 aliphatic carbocycles. The summed E-state index contributed by atoms with van der Waals surface area (Å²) in [6, 6.07) is 4.07. The standard InChI is InChI=1S/C15H21FN2O3S/c1-17-8-11-3-4-12(17)10-18(9-11)22(19,20)13-5-6-15(21-2)14(16)7-13/h5-7,11-12H,3-4,8-10H2,1-2H3/t11-,12-/m1/s1. The van der Waals surface area contributed by atoms with Crippen molar-refractivity contribution in [3.05, 3.63) is 24.0 Å². The fraction of sp³-hybridized carbons (Fsp3) is 0.600. The normalized spacial score (nSPS) is 26.9. The number of halogens is 1. The first-order valence-corrected chi connectivity index (χ1v) is 8.89. The predicted octanol–water partition coefficient (Wildman–Crippen LogP) is 1.55. The lowest BCUT2D eigenvalue weighted by molar-refractivity contribution is 0.168. The molecule has 3 fully saturated rings. The van der Waals surface area contributed by atoms with Crippen LogP contribution < -0.4 is 4.74 Å². The Morgan fingerprint density at radius 2 is 2.00 bits per heavy atom. The summed E-state index contributed by atoms with van der Waals surface area (Å²) in [5.41, 5.74) is 0. The third-order valence-corrected chi connectivity index (χ3v) is 6.54. The molecule has 0 radical (unpaired) electrons. The summed E-state index contributed by atoms with van der Waals surface area (Å²) in [4.78, 5) is 2.23. The average Bonchev–Trinajstić information content (AvgIpc) is 2.79. The van der Waals surface area contributed by atoms with Crippen molar-refractivity contribution in [1.82, 2.24) is 9.21 Å². The van der Waals surface area contributed by atoms with Crippen LogP contribution in [0, 0.1) is 11.7 Å². The second-order valence-corrected chi connectivity index (χ2v) is 8.09. The second-order valence-electron chi connectivity index (χ2n) is 6.16. The zero-order valence-corrected chi connectivity index (χ0v) is 13.6. The van der Waals surface area contributed by atoms with Gasteiger partial charge in [0.2, 0.25) is 10.0 Å². The van der Waals surface area contributed by atoms with E-state index in [1.807, 2.05) is 7.05 Å². The van der Waals surface area contributed by atoms with Gasteiger partial charge in [-0.25, -0.2) is 12.8 Å². The number of sulfonamides is 1. The molecule has 5 nitrogen and oxygen atoms in total. The number of hydrogen-bond acceptors (Lipinski definition) is 4. The first-order valence-electron chi connectivity index (χ1n) is 7.45. The van der Waals surface area contributed by atoms with Crippen molar-refractivity contribution in [2.75, 3.05) is 33.8 Å². The summed E-state index contributed by atoms with van der Waals surface area (Å²) < 4.78 is 45.8. The SMILES string of the molecule is COc1ccc(S(=O)(=O)N2C[C@@H]3CC[C@H](C2)N(C)C3)cc1F. The molecule has 2 atom stereocenters. The molecule has 0 spiro atoms. The average molecular weight is 328 g/mol. The highest BCUT2D eigenvalue weighted by atomic mass is 32.2. The number of methoxy groups -OCH3 is 1. The number of ether oxygens (including phenoxy) is 1. The van der Waals surface area contributed by atoms with Crippen molar-refractivity contribution < 1.29 is 17.5 Å². The lowest BCUT2D eigenvalue weighted by Gasteiger charge is -2.32. The van der Waals surface area contributed by atoms with Crippen molar-refractivity contribution in [3.63, 3.8) is 0 Å². The maximum atomic E-state index is 13.8. The molecule has 3 aliphatic rings. The largest absolute Gasteiger partial charge is 0.494 e. The number of fused-ring (bicyclic) bond motifs is 4. The Morgan fingerprint density at radius 1 is 1.23 bits per heavy atom. The van der Waals surface area contributed by atoms with E-state index >= 15 is 0 Å². The second kappa shape index (κ2) is 5.79. The van der Waals surface area contributed by atoms with Gasteiger partial charge in [-0.1, -0.05) is 0 Å². The van der Waals surface area contributed by atoms with Crippen molar-refractivity contribution in [2.45, 2.75) is 23.8 Å². The van der Waals surface area contributed by atoms with E-state index in [0.717, 1.165) is 25.5 Å². The zero-order chi connectivity index (χ0) is 15.9. The van der Waals surface area contributed by atoms with Crippen LogP contribution in [0.25, 0.3) is 0 Å². The van der Waals surface area contributed by atoms with Gasteiger partial charge in [0.25, 0.3) is 0 Å². The highest BCUT2D eigenvalue weighted by Crippen LogP contribution is 2.31. The number of benzene rings is 1. The van der Waals surface area contributed by atoms with Gasteiger partial charge in [0, 0.05) is 25.7 Å². The monoisotopic (exact) mass is 328 g/mol. The Morgan fingerprint density at radius 3 is 2.64 bits per heavy atom. The topological polar surface area (TPSA) is 49.9 Å². The van der Waals surface area contributed by atoms with Gasteiger partial charge >= 0.3 is 0 Å². The van der Waals surface area contributed by atoms with Crippen LogP contribution >= 0.6 is 0 Å². The van der Waals surface area contributed by atoms with E-state index in [4.69, 9.17) is 4.74 Å². The molecule has 0 N–H and O–H groups in total. The first kappa shape index (κ1) is 15.7. The third kappa shape index (κ3) is 2.73. The van der Waals surface area contributed by atoms with E-state index in [9.17, 15) is 12.8 Å². The van der Waals surface area contributed by atoms with Crippen LogP contribution in [0.1, 0.15) is 12.8 Å². The molecule has 3 aliphatic heterocycles. The number of hydrogen-bond donors (Lipinski definition) is 0. The minimum atomic E-state index is -3.67. The molecule has 0 aromatic heterocycles. The van der Waals surface area contributed by atoms with Gasteiger partial charge in [-0.2, -0.15) is 4.31 Å². The molecule has 122 valence electrons. The maximum absolute atomic E-state index is 13.8. The van der Waals surface area contributed by atoms with E-state index in [1.165, 1.54) is 23.5 Å². The van der Waals surface area contributed by atoms with Gasteiger partial charge in [0.15, 0.2) is 11.6 Å². The van der Waals surface area contributed by atoms with Crippen LogP contribution in [0.15, 0.2) is 23.1 Å². The summed E-state index contributed by atoms with van der Waals surface area (Å²) in [6.45, 7) is 1.91. The fourth-order valence-electron chi connectivity index (χ4n) is 3.43. The van der Waals surface area contributed by atoms with Gasteiger partial charge in [0.05, 0.1) is 12.0 Å². The lowest BCUT2D eigenvalue weighted by atomic mass is 9.96. The molecule has 0 unspecified atom stereocenters. The van der Waals surface area contributed by atoms with Crippen molar-refractivity contribution >= 4 is 10.0 Å². The highest BCUT2D eigenvalue weighted by Gasteiger charge is 2.38. The molecule has 22 heavy (non-hydrogen) atoms. The van der Waals surface area contributed by atoms with Gasteiger partial charge in [-0.15, -0.1) is 0 Å². The number of nitrogens with zero attached hydrogens (tertiary/aromatic N) is 2. The van der Waals surface area contributed by atoms with Crippen molar-refractivity contribution in [1.29, 1.82) is 0 Å². The minimum Gasteiger partial charge on any atom is -0.494 e. The lowest BCUT2D eigenvalue weighted by Crippen LogP contribution is -2.41. The molecule has 0 saturated carbocycles.